The first-order chi connectivity index (χ1) is 22.2. The SMILES string of the molecule is N#CC(C#N)=C1C(c2ccc(C#N)c(F)c2F)=C(C#N)c2cc3c(cc21)C(=C(C#N)C#N)C(c1ccc(C#N)c(F)c1F)=C3C#N. The van der Waals surface area contributed by atoms with Crippen molar-refractivity contribution in [3.8, 4) is 48.6 Å². The third kappa shape index (κ3) is 3.99. The van der Waals surface area contributed by atoms with Crippen molar-refractivity contribution >= 4 is 33.4 Å². The van der Waals surface area contributed by atoms with Crippen LogP contribution in [0.25, 0.3) is 33.4 Å². The number of hydrogen-bond donors (Lipinski definition) is 0. The fourth-order valence-electron chi connectivity index (χ4n) is 5.44. The Morgan fingerprint density at radius 3 is 1.07 bits per heavy atom. The lowest BCUT2D eigenvalue weighted by molar-refractivity contribution is 0.504. The predicted molar refractivity (Wildman–Crippen MR) is 150 cm³/mol. The van der Waals surface area contributed by atoms with Crippen LogP contribution in [0, 0.1) is 114 Å². The number of rotatable bonds is 2. The Labute approximate surface area is 256 Å². The van der Waals surface area contributed by atoms with Crippen molar-refractivity contribution in [2.24, 2.45) is 0 Å². The molecule has 0 heterocycles. The molecule has 3 aromatic carbocycles. The molecule has 0 spiro atoms. The first-order valence-corrected chi connectivity index (χ1v) is 12.5. The third-order valence-corrected chi connectivity index (χ3v) is 7.35. The maximum absolute atomic E-state index is 15.4. The molecule has 210 valence electrons. The van der Waals surface area contributed by atoms with Crippen molar-refractivity contribution in [3.05, 3.63) is 115 Å². The van der Waals surface area contributed by atoms with Crippen LogP contribution >= 0.6 is 0 Å². The smallest absolute Gasteiger partial charge is 0.177 e. The normalized spacial score (nSPS) is 12.3. The lowest BCUT2D eigenvalue weighted by Gasteiger charge is -2.13. The fourth-order valence-corrected chi connectivity index (χ4v) is 5.44. The minimum atomic E-state index is -1.55. The van der Waals surface area contributed by atoms with Crippen molar-refractivity contribution in [2.45, 2.75) is 0 Å². The summed E-state index contributed by atoms with van der Waals surface area (Å²) in [5.41, 5.74) is -6.25. The minimum absolute atomic E-state index is 0.0753. The van der Waals surface area contributed by atoms with E-state index < -0.39 is 56.7 Å². The molecule has 46 heavy (non-hydrogen) atoms. The fraction of sp³-hybridized carbons (Fsp3) is 0. The number of allylic oxidation sites excluding steroid dienone is 8. The zero-order valence-electron chi connectivity index (χ0n) is 22.6. The Balaban J connectivity index is 1.97. The van der Waals surface area contributed by atoms with Gasteiger partial charge in [0.15, 0.2) is 23.3 Å². The number of nitrogens with zero attached hydrogens (tertiary/aromatic N) is 8. The van der Waals surface area contributed by atoms with Gasteiger partial charge in [0.2, 0.25) is 0 Å². The highest BCUT2D eigenvalue weighted by atomic mass is 19.2. The van der Waals surface area contributed by atoms with Gasteiger partial charge in [0.05, 0.1) is 22.3 Å². The van der Waals surface area contributed by atoms with E-state index in [0.717, 1.165) is 24.3 Å². The van der Waals surface area contributed by atoms with Gasteiger partial charge in [-0.05, 0) is 47.5 Å². The highest BCUT2D eigenvalue weighted by Gasteiger charge is 2.39. The van der Waals surface area contributed by atoms with Crippen LogP contribution in [0.15, 0.2) is 47.5 Å². The second-order valence-electron chi connectivity index (χ2n) is 9.42. The van der Waals surface area contributed by atoms with E-state index in [1.54, 1.807) is 24.3 Å². The lowest BCUT2D eigenvalue weighted by Crippen LogP contribution is -2.00. The topological polar surface area (TPSA) is 190 Å². The summed E-state index contributed by atoms with van der Waals surface area (Å²) in [6.45, 7) is 0. The summed E-state index contributed by atoms with van der Waals surface area (Å²) in [5.74, 6) is -6.20. The van der Waals surface area contributed by atoms with E-state index in [0.29, 0.717) is 0 Å². The molecule has 3 aromatic rings. The van der Waals surface area contributed by atoms with Crippen molar-refractivity contribution in [3.63, 3.8) is 0 Å². The molecule has 0 radical (unpaired) electrons. The monoisotopic (exact) mass is 602 g/mol. The van der Waals surface area contributed by atoms with Gasteiger partial charge >= 0.3 is 0 Å². The molecule has 0 unspecified atom stereocenters. The van der Waals surface area contributed by atoms with Crippen molar-refractivity contribution in [2.75, 3.05) is 0 Å². The molecule has 0 bridgehead atoms. The van der Waals surface area contributed by atoms with E-state index in [4.69, 9.17) is 10.5 Å². The summed E-state index contributed by atoms with van der Waals surface area (Å²) < 4.78 is 60.3. The van der Waals surface area contributed by atoms with E-state index >= 15 is 8.78 Å². The lowest BCUT2D eigenvalue weighted by atomic mass is 9.88. The van der Waals surface area contributed by atoms with Crippen LogP contribution in [0.1, 0.15) is 44.5 Å². The first-order valence-electron chi connectivity index (χ1n) is 12.5. The van der Waals surface area contributed by atoms with Gasteiger partial charge in [-0.3, -0.25) is 0 Å². The van der Waals surface area contributed by atoms with Gasteiger partial charge in [0, 0.05) is 44.5 Å². The quantitative estimate of drug-likeness (QED) is 0.235. The standard InChI is InChI=1S/C34H6F4N8/c35-31-15(7-39)1-3-19(33(31)37)29-25(13-45)21-5-22-24(6-23(21)27(29)17(9-41)10-42)28(18(11-43)12-44)30(26(22)14-46)20-4-2-16(8-40)32(36)34(20)38/h1-6H. The number of halogens is 4. The van der Waals surface area contributed by atoms with Crippen LogP contribution in [0.2, 0.25) is 0 Å². The van der Waals surface area contributed by atoms with E-state index in [2.05, 4.69) is 0 Å². The molecular weight excluding hydrogens is 596 g/mol. The molecule has 0 aliphatic heterocycles. The van der Waals surface area contributed by atoms with E-state index in [-0.39, 0.29) is 55.7 Å². The molecule has 0 saturated heterocycles. The van der Waals surface area contributed by atoms with Crippen molar-refractivity contribution in [1.82, 2.24) is 0 Å². The van der Waals surface area contributed by atoms with E-state index in [1.807, 2.05) is 12.1 Å². The van der Waals surface area contributed by atoms with Gasteiger partial charge in [-0.25, -0.2) is 17.6 Å². The molecule has 5 rings (SSSR count). The van der Waals surface area contributed by atoms with Crippen LogP contribution in [0.4, 0.5) is 17.6 Å². The minimum Gasteiger partial charge on any atom is -0.203 e. The highest BCUT2D eigenvalue weighted by Crippen LogP contribution is 2.55. The summed E-state index contributed by atoms with van der Waals surface area (Å²) >= 11 is 0. The second kappa shape index (κ2) is 11.2. The molecular formula is C34H6F4N8. The average molecular weight is 602 g/mol. The van der Waals surface area contributed by atoms with Crippen LogP contribution < -0.4 is 0 Å². The first kappa shape index (κ1) is 29.7. The van der Waals surface area contributed by atoms with Gasteiger partial charge in [0.1, 0.15) is 59.7 Å². The molecule has 0 atom stereocenters. The Morgan fingerprint density at radius 2 is 0.761 bits per heavy atom. The molecule has 0 fully saturated rings. The van der Waals surface area contributed by atoms with Gasteiger partial charge in [-0.1, -0.05) is 0 Å². The van der Waals surface area contributed by atoms with Gasteiger partial charge < -0.3 is 0 Å². The maximum atomic E-state index is 15.4. The van der Waals surface area contributed by atoms with Crippen LogP contribution in [-0.2, 0) is 0 Å². The third-order valence-electron chi connectivity index (χ3n) is 7.35. The number of benzene rings is 3. The number of nitriles is 8. The van der Waals surface area contributed by atoms with Gasteiger partial charge in [-0.2, -0.15) is 42.1 Å². The maximum Gasteiger partial charge on any atom is 0.177 e. The highest BCUT2D eigenvalue weighted by molar-refractivity contribution is 6.29. The van der Waals surface area contributed by atoms with Crippen molar-refractivity contribution < 1.29 is 17.6 Å². The Morgan fingerprint density at radius 1 is 0.413 bits per heavy atom. The van der Waals surface area contributed by atoms with Crippen LogP contribution in [-0.4, -0.2) is 0 Å². The molecule has 0 saturated carbocycles. The van der Waals surface area contributed by atoms with Gasteiger partial charge in [-0.15, -0.1) is 0 Å². The van der Waals surface area contributed by atoms with Crippen LogP contribution in [0.5, 0.6) is 0 Å². The molecule has 2 aliphatic rings. The summed E-state index contributed by atoms with van der Waals surface area (Å²) in [5, 5.41) is 78.0. The Bertz CT molecular complexity index is 2290. The molecule has 0 N–H and O–H groups in total. The summed E-state index contributed by atoms with van der Waals surface area (Å²) in [7, 11) is 0. The second-order valence-corrected chi connectivity index (χ2v) is 9.42. The molecule has 0 aromatic heterocycles. The van der Waals surface area contributed by atoms with E-state index in [1.165, 1.54) is 24.3 Å². The zero-order valence-corrected chi connectivity index (χ0v) is 22.6. The number of hydrogen-bond acceptors (Lipinski definition) is 8. The summed E-state index contributed by atoms with van der Waals surface area (Å²) in [6.07, 6.45) is 0. The summed E-state index contributed by atoms with van der Waals surface area (Å²) in [6, 6.07) is 19.5. The Hall–Kier alpha value is -7.74. The molecule has 8 nitrogen and oxygen atoms in total. The molecule has 2 aliphatic carbocycles. The molecule has 0 amide bonds. The largest absolute Gasteiger partial charge is 0.203 e. The summed E-state index contributed by atoms with van der Waals surface area (Å²) in [4.78, 5) is 0. The van der Waals surface area contributed by atoms with Gasteiger partial charge in [0.25, 0.3) is 0 Å². The average Bonchev–Trinajstić information content (AvgIpc) is 3.55. The zero-order chi connectivity index (χ0) is 33.4. The van der Waals surface area contributed by atoms with Crippen LogP contribution in [0.3, 0.4) is 0 Å². The predicted octanol–water partition coefficient (Wildman–Crippen LogP) is 6.48. The molecule has 12 heteroatoms. The number of fused-ring (bicyclic) bond motifs is 2. The Kier molecular flexibility index (Phi) is 7.21. The van der Waals surface area contributed by atoms with Crippen molar-refractivity contribution in [1.29, 1.82) is 42.1 Å². The van der Waals surface area contributed by atoms with E-state index in [9.17, 15) is 40.4 Å².